The van der Waals surface area contributed by atoms with Gasteiger partial charge in [-0.25, -0.2) is 9.59 Å². The van der Waals surface area contributed by atoms with Crippen molar-refractivity contribution in [3.63, 3.8) is 0 Å². The third kappa shape index (κ3) is 13.2. The Morgan fingerprint density at radius 2 is 0.946 bits per heavy atom. The lowest BCUT2D eigenvalue weighted by Gasteiger charge is -2.22. The van der Waals surface area contributed by atoms with Gasteiger partial charge in [0.15, 0.2) is 0 Å². The van der Waals surface area contributed by atoms with Gasteiger partial charge < -0.3 is 20.0 Å². The highest BCUT2D eigenvalue weighted by Gasteiger charge is 2.29. The van der Waals surface area contributed by atoms with Crippen molar-refractivity contribution in [1.82, 2.24) is 9.80 Å². The molecule has 2 N–H and O–H groups in total. The van der Waals surface area contributed by atoms with Crippen molar-refractivity contribution in [1.29, 1.82) is 0 Å². The van der Waals surface area contributed by atoms with Crippen LogP contribution in [0.2, 0.25) is 0 Å². The van der Waals surface area contributed by atoms with Crippen LogP contribution in [0.1, 0.15) is 136 Å². The van der Waals surface area contributed by atoms with Gasteiger partial charge in [-0.15, -0.1) is 0 Å². The largest absolute Gasteiger partial charge is 0.478 e. The third-order valence-corrected chi connectivity index (χ3v) is 12.0. The van der Waals surface area contributed by atoms with Crippen LogP contribution in [0, 0.1) is 11.8 Å². The number of carboxylic acid groups (broad SMARTS) is 2. The minimum Gasteiger partial charge on any atom is -0.478 e. The summed E-state index contributed by atoms with van der Waals surface area (Å²) in [5.41, 5.74) is 5.55. The van der Waals surface area contributed by atoms with Gasteiger partial charge in [-0.05, 0) is 99.6 Å². The molecule has 8 heteroatoms. The number of amides is 2. The maximum Gasteiger partial charge on any atom is 0.335 e. The molecule has 0 bridgehead atoms. The Bertz CT molecular complexity index is 1610. The summed E-state index contributed by atoms with van der Waals surface area (Å²) in [6.45, 7) is 5.76. The molecule has 2 amide bonds. The van der Waals surface area contributed by atoms with E-state index in [0.29, 0.717) is 37.1 Å². The fourth-order valence-corrected chi connectivity index (χ4v) is 8.79. The van der Waals surface area contributed by atoms with Crippen molar-refractivity contribution in [2.45, 2.75) is 129 Å². The molecule has 56 heavy (non-hydrogen) atoms. The summed E-state index contributed by atoms with van der Waals surface area (Å²) >= 11 is 0. The van der Waals surface area contributed by atoms with Crippen LogP contribution >= 0.6 is 0 Å². The van der Waals surface area contributed by atoms with E-state index in [4.69, 9.17) is 10.2 Å². The lowest BCUT2D eigenvalue weighted by molar-refractivity contribution is -0.129. The highest BCUT2D eigenvalue weighted by atomic mass is 16.4. The number of hydrogen-bond acceptors (Lipinski definition) is 4. The monoisotopic (exact) mass is 762 g/mol. The molecule has 2 aliphatic carbocycles. The van der Waals surface area contributed by atoms with Crippen LogP contribution in [0.4, 0.5) is 0 Å². The second-order valence-electron chi connectivity index (χ2n) is 16.4. The van der Waals surface area contributed by atoms with E-state index in [1.165, 1.54) is 75.4 Å². The first kappa shape index (κ1) is 42.4. The molecular formula is C48H62N2O6. The van der Waals surface area contributed by atoms with Crippen LogP contribution in [0.25, 0.3) is 0 Å². The maximum absolute atomic E-state index is 12.3. The normalized spacial score (nSPS) is 21.2. The topological polar surface area (TPSA) is 115 Å². The Hall–Kier alpha value is -4.72. The molecule has 0 unspecified atom stereocenters. The molecule has 2 heterocycles. The number of hydrogen-bond donors (Lipinski definition) is 2. The standard InChI is InChI=1S/2C24H31NO3/c2*1-18(17-20-6-2-3-7-20)5-4-8-22-13-14-23(26)25(22)16-15-19-9-11-21(12-10-19)24(27)28/h2*4-5,8-12,20,22H,2-3,6-7,13-17H2,1H3,(H,27,28)/b8-4+,18-5+;8-4-,18-5+/t2*22-/m00/s1. The third-order valence-electron chi connectivity index (χ3n) is 12.0. The van der Waals surface area contributed by atoms with Gasteiger partial charge in [0.05, 0.1) is 23.2 Å². The lowest BCUT2D eigenvalue weighted by Crippen LogP contribution is -2.33. The van der Waals surface area contributed by atoms with Crippen molar-refractivity contribution >= 4 is 23.8 Å². The summed E-state index contributed by atoms with van der Waals surface area (Å²) in [5.74, 6) is 0.320. The molecule has 300 valence electrons. The molecule has 4 aliphatic rings. The highest BCUT2D eigenvalue weighted by molar-refractivity contribution is 5.88. The molecule has 4 fully saturated rings. The van der Waals surface area contributed by atoms with Crippen molar-refractivity contribution in [3.8, 4) is 0 Å². The summed E-state index contributed by atoms with van der Waals surface area (Å²) < 4.78 is 0. The van der Waals surface area contributed by atoms with E-state index >= 15 is 0 Å². The summed E-state index contributed by atoms with van der Waals surface area (Å²) in [6, 6.07) is 14.2. The molecule has 0 aromatic heterocycles. The molecule has 2 aromatic rings. The van der Waals surface area contributed by atoms with Gasteiger partial charge in [0.1, 0.15) is 0 Å². The molecular weight excluding hydrogens is 701 g/mol. The van der Waals surface area contributed by atoms with Crippen LogP contribution in [0.3, 0.4) is 0 Å². The number of carbonyl (C=O) groups is 4. The molecule has 2 saturated carbocycles. The Morgan fingerprint density at radius 1 is 0.589 bits per heavy atom. The minimum atomic E-state index is -0.914. The van der Waals surface area contributed by atoms with Gasteiger partial charge in [0.25, 0.3) is 0 Å². The number of carbonyl (C=O) groups excluding carboxylic acids is 2. The van der Waals surface area contributed by atoms with Gasteiger partial charge >= 0.3 is 11.9 Å². The number of rotatable bonds is 16. The summed E-state index contributed by atoms with van der Waals surface area (Å²) in [6.07, 6.45) is 30.9. The Morgan fingerprint density at radius 3 is 1.29 bits per heavy atom. The number of likely N-dealkylation sites (tertiary alicyclic amines) is 2. The average molecular weight is 763 g/mol. The molecule has 6 rings (SSSR count). The average Bonchev–Trinajstić information content (AvgIpc) is 4.01. The summed E-state index contributed by atoms with van der Waals surface area (Å²) in [5, 5.41) is 18.0. The smallest absolute Gasteiger partial charge is 0.335 e. The van der Waals surface area contributed by atoms with Gasteiger partial charge in [-0.2, -0.15) is 0 Å². The van der Waals surface area contributed by atoms with Crippen molar-refractivity contribution < 1.29 is 29.4 Å². The SMILES string of the molecule is C/C(=C\C=C/[C@H]1CCC(=O)N1CCc1ccc(C(=O)O)cc1)CC1CCCC1.C/C(=C\C=C\[C@H]1CCC(=O)N1CCc1ccc(C(=O)O)cc1)CC1CCCC1. The Labute approximate surface area is 334 Å². The maximum atomic E-state index is 12.3. The van der Waals surface area contributed by atoms with Crippen LogP contribution < -0.4 is 0 Å². The first-order chi connectivity index (χ1) is 27.0. The zero-order valence-electron chi connectivity index (χ0n) is 33.5. The van der Waals surface area contributed by atoms with E-state index in [-0.39, 0.29) is 23.9 Å². The quantitative estimate of drug-likeness (QED) is 0.165. The van der Waals surface area contributed by atoms with E-state index in [1.807, 2.05) is 34.1 Å². The van der Waals surface area contributed by atoms with Crippen LogP contribution in [-0.2, 0) is 22.4 Å². The van der Waals surface area contributed by atoms with Crippen LogP contribution in [0.5, 0.6) is 0 Å². The van der Waals surface area contributed by atoms with Gasteiger partial charge in [0, 0.05) is 25.9 Å². The van der Waals surface area contributed by atoms with Crippen molar-refractivity contribution in [2.75, 3.05) is 13.1 Å². The van der Waals surface area contributed by atoms with E-state index in [0.717, 1.165) is 48.6 Å². The number of carboxylic acids is 2. The summed E-state index contributed by atoms with van der Waals surface area (Å²) in [4.78, 5) is 50.4. The van der Waals surface area contributed by atoms with Gasteiger partial charge in [-0.1, -0.05) is 123 Å². The molecule has 0 spiro atoms. The second-order valence-corrected chi connectivity index (χ2v) is 16.4. The zero-order chi connectivity index (χ0) is 39.9. The van der Waals surface area contributed by atoms with Crippen molar-refractivity contribution in [3.05, 3.63) is 118 Å². The van der Waals surface area contributed by atoms with Crippen molar-refractivity contribution in [2.24, 2.45) is 11.8 Å². The fourth-order valence-electron chi connectivity index (χ4n) is 8.79. The first-order valence-corrected chi connectivity index (χ1v) is 21.0. The molecule has 8 nitrogen and oxygen atoms in total. The molecule has 2 aromatic carbocycles. The summed E-state index contributed by atoms with van der Waals surface area (Å²) in [7, 11) is 0. The van der Waals surface area contributed by atoms with E-state index in [9.17, 15) is 19.2 Å². The minimum absolute atomic E-state index is 0.168. The van der Waals surface area contributed by atoms with Crippen LogP contribution in [0.15, 0.2) is 96.1 Å². The predicted molar refractivity (Wildman–Crippen MR) is 223 cm³/mol. The highest BCUT2D eigenvalue weighted by Crippen LogP contribution is 2.31. The number of allylic oxidation sites excluding steroid dienone is 6. The Kier molecular flexibility index (Phi) is 16.3. The first-order valence-electron chi connectivity index (χ1n) is 21.0. The van der Waals surface area contributed by atoms with Gasteiger partial charge in [0.2, 0.25) is 11.8 Å². The lowest BCUT2D eigenvalue weighted by atomic mass is 9.98. The fraction of sp³-hybridized carbons (Fsp3) is 0.500. The zero-order valence-corrected chi connectivity index (χ0v) is 33.5. The molecule has 0 radical (unpaired) electrons. The van der Waals surface area contributed by atoms with Gasteiger partial charge in [-0.3, -0.25) is 9.59 Å². The molecule has 2 atom stereocenters. The van der Waals surface area contributed by atoms with E-state index in [2.05, 4.69) is 50.3 Å². The number of benzene rings is 2. The number of aromatic carboxylic acids is 2. The van der Waals surface area contributed by atoms with E-state index in [1.54, 1.807) is 24.3 Å². The molecule has 2 saturated heterocycles. The van der Waals surface area contributed by atoms with Crippen LogP contribution in [-0.4, -0.2) is 68.9 Å². The van der Waals surface area contributed by atoms with E-state index < -0.39 is 11.9 Å². The second kappa shape index (κ2) is 21.5. The molecule has 2 aliphatic heterocycles. The Balaban J connectivity index is 0.000000214. The number of nitrogens with zero attached hydrogens (tertiary/aromatic N) is 2. The predicted octanol–water partition coefficient (Wildman–Crippen LogP) is 10.0.